The highest BCUT2D eigenvalue weighted by atomic mass is 16.5. The molecule has 0 bridgehead atoms. The Hall–Kier alpha value is -3.55. The summed E-state index contributed by atoms with van der Waals surface area (Å²) < 4.78 is 12.2. The number of amides is 2. The topological polar surface area (TPSA) is 106 Å². The van der Waals surface area contributed by atoms with Crippen LogP contribution in [0.25, 0.3) is 0 Å². The van der Waals surface area contributed by atoms with E-state index in [2.05, 4.69) is 10.3 Å². The van der Waals surface area contributed by atoms with Gasteiger partial charge in [0, 0.05) is 36.0 Å². The van der Waals surface area contributed by atoms with Gasteiger partial charge in [0.2, 0.25) is 5.91 Å². The molecule has 0 aliphatic carbocycles. The van der Waals surface area contributed by atoms with Crippen LogP contribution in [0, 0.1) is 0 Å². The zero-order chi connectivity index (χ0) is 25.6. The van der Waals surface area contributed by atoms with Crippen LogP contribution in [-0.4, -0.2) is 40.4 Å². The molecular formula is C28H34N4O4. The molecule has 8 nitrogen and oxygen atoms in total. The normalized spacial score (nSPS) is 26.6. The molecular weight excluding hydrogens is 456 g/mol. The van der Waals surface area contributed by atoms with Crippen LogP contribution in [0.15, 0.2) is 47.5 Å². The largest absolute Gasteiger partial charge is 0.490 e. The van der Waals surface area contributed by atoms with Crippen molar-refractivity contribution in [1.29, 1.82) is 0 Å². The number of nitrogens with one attached hydrogen (secondary N) is 1. The van der Waals surface area contributed by atoms with Crippen molar-refractivity contribution in [3.8, 4) is 11.5 Å². The lowest BCUT2D eigenvalue weighted by Crippen LogP contribution is -2.50. The smallest absolute Gasteiger partial charge is 0.251 e. The molecule has 2 aromatic rings. The third-order valence-electron chi connectivity index (χ3n) is 7.22. The molecule has 3 aliphatic rings. The molecule has 3 heterocycles. The van der Waals surface area contributed by atoms with E-state index in [-0.39, 0.29) is 42.0 Å². The SMILES string of the molecule is CCC1CC(=O)N(C2CC(C)Oc3ccc(C(=O)NC4CC(C)(C)Oc5ccccc54)cc32)C(N)=N1. The van der Waals surface area contributed by atoms with Gasteiger partial charge in [-0.1, -0.05) is 25.1 Å². The van der Waals surface area contributed by atoms with Crippen LogP contribution >= 0.6 is 0 Å². The van der Waals surface area contributed by atoms with Gasteiger partial charge in [-0.2, -0.15) is 0 Å². The highest BCUT2D eigenvalue weighted by Crippen LogP contribution is 2.41. The lowest BCUT2D eigenvalue weighted by Gasteiger charge is -2.40. The van der Waals surface area contributed by atoms with Gasteiger partial charge in [-0.05, 0) is 51.5 Å². The number of carbonyl (C=O) groups is 2. The summed E-state index contributed by atoms with van der Waals surface area (Å²) in [5.74, 6) is 1.45. The number of para-hydroxylation sites is 1. The summed E-state index contributed by atoms with van der Waals surface area (Å²) in [7, 11) is 0. The summed E-state index contributed by atoms with van der Waals surface area (Å²) in [6.45, 7) is 8.01. The van der Waals surface area contributed by atoms with E-state index < -0.39 is 5.60 Å². The molecule has 0 aromatic heterocycles. The fourth-order valence-electron chi connectivity index (χ4n) is 5.47. The van der Waals surface area contributed by atoms with Gasteiger partial charge in [0.15, 0.2) is 5.96 Å². The Labute approximate surface area is 211 Å². The fraction of sp³-hybridized carbons (Fsp3) is 0.464. The standard InChI is InChI=1S/C28H34N4O4/c1-5-18-14-25(33)32(27(29)30-18)22-12-16(2)35-23-11-10-17(13-20(22)23)26(34)31-21-15-28(3,4)36-24-9-7-6-8-19(21)24/h6-11,13,16,18,21-22H,5,12,14-15H2,1-4H3,(H2,29,30)(H,31,34). The number of fused-ring (bicyclic) bond motifs is 2. The fourth-order valence-corrected chi connectivity index (χ4v) is 5.47. The predicted octanol–water partition coefficient (Wildman–Crippen LogP) is 4.26. The summed E-state index contributed by atoms with van der Waals surface area (Å²) in [6.07, 6.45) is 2.21. The van der Waals surface area contributed by atoms with Crippen LogP contribution < -0.4 is 20.5 Å². The van der Waals surface area contributed by atoms with E-state index >= 15 is 0 Å². The Morgan fingerprint density at radius 2 is 1.97 bits per heavy atom. The number of aliphatic imine (C=N–C) groups is 1. The molecule has 190 valence electrons. The number of nitrogens with zero attached hydrogens (tertiary/aromatic N) is 2. The Morgan fingerprint density at radius 1 is 1.19 bits per heavy atom. The van der Waals surface area contributed by atoms with Crippen molar-refractivity contribution in [3.63, 3.8) is 0 Å². The summed E-state index contributed by atoms with van der Waals surface area (Å²) in [4.78, 5) is 32.7. The van der Waals surface area contributed by atoms with Gasteiger partial charge in [-0.25, -0.2) is 4.99 Å². The first kappa shape index (κ1) is 24.2. The summed E-state index contributed by atoms with van der Waals surface area (Å²) in [5.41, 5.74) is 8.12. The molecule has 36 heavy (non-hydrogen) atoms. The molecule has 0 radical (unpaired) electrons. The molecule has 0 fully saturated rings. The van der Waals surface area contributed by atoms with Crippen LogP contribution in [-0.2, 0) is 4.79 Å². The first-order chi connectivity index (χ1) is 17.1. The van der Waals surface area contributed by atoms with E-state index in [1.54, 1.807) is 11.0 Å². The van der Waals surface area contributed by atoms with Gasteiger partial charge in [0.1, 0.15) is 17.1 Å². The van der Waals surface area contributed by atoms with E-state index in [0.29, 0.717) is 30.6 Å². The lowest BCUT2D eigenvalue weighted by atomic mass is 9.89. The molecule has 4 atom stereocenters. The molecule has 4 unspecified atom stereocenters. The monoisotopic (exact) mass is 490 g/mol. The van der Waals surface area contributed by atoms with Crippen molar-refractivity contribution < 1.29 is 19.1 Å². The van der Waals surface area contributed by atoms with Crippen LogP contribution in [0.5, 0.6) is 11.5 Å². The van der Waals surface area contributed by atoms with Crippen LogP contribution in [0.2, 0.25) is 0 Å². The van der Waals surface area contributed by atoms with Gasteiger partial charge in [0.05, 0.1) is 24.2 Å². The quantitative estimate of drug-likeness (QED) is 0.666. The van der Waals surface area contributed by atoms with Crippen molar-refractivity contribution in [3.05, 3.63) is 59.2 Å². The molecule has 0 spiro atoms. The Kier molecular flexibility index (Phi) is 6.14. The average Bonchev–Trinajstić information content (AvgIpc) is 2.82. The second-order valence-corrected chi connectivity index (χ2v) is 10.6. The minimum atomic E-state index is -0.404. The van der Waals surface area contributed by atoms with Crippen molar-refractivity contribution in [1.82, 2.24) is 10.2 Å². The highest BCUT2D eigenvalue weighted by molar-refractivity contribution is 5.99. The molecule has 2 aromatic carbocycles. The van der Waals surface area contributed by atoms with Gasteiger partial charge < -0.3 is 20.5 Å². The third kappa shape index (κ3) is 4.52. The minimum Gasteiger partial charge on any atom is -0.490 e. The molecule has 3 aliphatic heterocycles. The number of ether oxygens (including phenoxy) is 2. The average molecular weight is 491 g/mol. The molecule has 2 amide bonds. The highest BCUT2D eigenvalue weighted by Gasteiger charge is 2.39. The molecule has 3 N–H and O–H groups in total. The van der Waals surface area contributed by atoms with Gasteiger partial charge in [-0.15, -0.1) is 0 Å². The lowest BCUT2D eigenvalue weighted by molar-refractivity contribution is -0.131. The maximum absolute atomic E-state index is 13.5. The Morgan fingerprint density at radius 3 is 2.72 bits per heavy atom. The van der Waals surface area contributed by atoms with E-state index in [1.165, 1.54) is 0 Å². The van der Waals surface area contributed by atoms with E-state index in [9.17, 15) is 9.59 Å². The van der Waals surface area contributed by atoms with Gasteiger partial charge in [-0.3, -0.25) is 14.5 Å². The summed E-state index contributed by atoms with van der Waals surface area (Å²) >= 11 is 0. The predicted molar refractivity (Wildman–Crippen MR) is 137 cm³/mol. The molecule has 0 saturated carbocycles. The van der Waals surface area contributed by atoms with Gasteiger partial charge in [0.25, 0.3) is 5.91 Å². The van der Waals surface area contributed by atoms with Crippen LogP contribution in [0.3, 0.4) is 0 Å². The number of hydrogen-bond donors (Lipinski definition) is 2. The first-order valence-electron chi connectivity index (χ1n) is 12.7. The molecule has 8 heteroatoms. The molecule has 5 rings (SSSR count). The van der Waals surface area contributed by atoms with Crippen molar-refractivity contribution in [2.24, 2.45) is 10.7 Å². The number of nitrogens with two attached hydrogens (primary N) is 1. The van der Waals surface area contributed by atoms with E-state index in [0.717, 1.165) is 23.3 Å². The van der Waals surface area contributed by atoms with E-state index in [4.69, 9.17) is 15.2 Å². The summed E-state index contributed by atoms with van der Waals surface area (Å²) in [6, 6.07) is 12.6. The third-order valence-corrected chi connectivity index (χ3v) is 7.22. The summed E-state index contributed by atoms with van der Waals surface area (Å²) in [5, 5.41) is 3.20. The minimum absolute atomic E-state index is 0.0460. The van der Waals surface area contributed by atoms with E-state index in [1.807, 2.05) is 64.1 Å². The second kappa shape index (κ2) is 9.15. The zero-order valence-corrected chi connectivity index (χ0v) is 21.3. The first-order valence-corrected chi connectivity index (χ1v) is 12.7. The second-order valence-electron chi connectivity index (χ2n) is 10.6. The van der Waals surface area contributed by atoms with Crippen molar-refractivity contribution in [2.75, 3.05) is 0 Å². The zero-order valence-electron chi connectivity index (χ0n) is 21.3. The number of guanidine groups is 1. The number of rotatable bonds is 4. The Balaban J connectivity index is 1.45. The Bertz CT molecular complexity index is 1220. The van der Waals surface area contributed by atoms with Crippen molar-refractivity contribution >= 4 is 17.8 Å². The van der Waals surface area contributed by atoms with Gasteiger partial charge >= 0.3 is 0 Å². The molecule has 0 saturated heterocycles. The number of benzene rings is 2. The van der Waals surface area contributed by atoms with Crippen LogP contribution in [0.1, 0.15) is 86.9 Å². The maximum Gasteiger partial charge on any atom is 0.251 e. The number of carbonyl (C=O) groups excluding carboxylic acids is 2. The van der Waals surface area contributed by atoms with Crippen LogP contribution in [0.4, 0.5) is 0 Å². The van der Waals surface area contributed by atoms with Crippen molar-refractivity contribution in [2.45, 2.75) is 83.2 Å². The maximum atomic E-state index is 13.5. The number of hydrogen-bond acceptors (Lipinski definition) is 6.